The molecule has 1 aromatic heterocycles. The molecule has 0 bridgehead atoms. The van der Waals surface area contributed by atoms with E-state index >= 15 is 0 Å². The molecule has 1 heterocycles. The number of nitrogens with zero attached hydrogens (tertiary/aromatic N) is 2. The number of rotatable bonds is 10. The Labute approximate surface area is 117 Å². The summed E-state index contributed by atoms with van der Waals surface area (Å²) in [5, 5.41) is 3.46. The van der Waals surface area contributed by atoms with Crippen LogP contribution in [0.2, 0.25) is 0 Å². The third-order valence-electron chi connectivity index (χ3n) is 3.34. The third kappa shape index (κ3) is 7.25. The molecular formula is C15H27N3O. The molecular weight excluding hydrogens is 238 g/mol. The van der Waals surface area contributed by atoms with Crippen LogP contribution in [0.4, 0.5) is 0 Å². The van der Waals surface area contributed by atoms with Gasteiger partial charge in [-0.25, -0.2) is 0 Å². The minimum absolute atomic E-state index is 0.534. The highest BCUT2D eigenvalue weighted by Crippen LogP contribution is 1.99. The summed E-state index contributed by atoms with van der Waals surface area (Å²) in [6.45, 7) is 6.16. The zero-order valence-electron chi connectivity index (χ0n) is 12.4. The van der Waals surface area contributed by atoms with Crippen LogP contribution in [-0.2, 0) is 11.2 Å². The lowest BCUT2D eigenvalue weighted by atomic mass is 10.2. The van der Waals surface area contributed by atoms with Crippen LogP contribution in [-0.4, -0.2) is 56.3 Å². The molecule has 1 atom stereocenters. The van der Waals surface area contributed by atoms with Gasteiger partial charge >= 0.3 is 0 Å². The highest BCUT2D eigenvalue weighted by atomic mass is 16.5. The van der Waals surface area contributed by atoms with Gasteiger partial charge in [-0.3, -0.25) is 4.98 Å². The van der Waals surface area contributed by atoms with Crippen molar-refractivity contribution in [3.63, 3.8) is 0 Å². The summed E-state index contributed by atoms with van der Waals surface area (Å²) in [7, 11) is 3.92. The van der Waals surface area contributed by atoms with Crippen LogP contribution in [0.3, 0.4) is 0 Å². The van der Waals surface area contributed by atoms with Crippen LogP contribution in [0.15, 0.2) is 24.4 Å². The Bertz CT molecular complexity index is 318. The smallest absolute Gasteiger partial charge is 0.0474 e. The predicted octanol–water partition coefficient (Wildman–Crippen LogP) is 1.57. The Morgan fingerprint density at radius 3 is 2.95 bits per heavy atom. The molecule has 0 aliphatic carbocycles. The van der Waals surface area contributed by atoms with Gasteiger partial charge in [0, 0.05) is 51.2 Å². The fourth-order valence-electron chi connectivity index (χ4n) is 1.87. The lowest BCUT2D eigenvalue weighted by Gasteiger charge is -2.24. The zero-order chi connectivity index (χ0) is 13.9. The molecule has 4 heteroatoms. The Kier molecular flexibility index (Phi) is 8.38. The third-order valence-corrected chi connectivity index (χ3v) is 3.34. The van der Waals surface area contributed by atoms with Crippen molar-refractivity contribution in [2.75, 3.05) is 40.4 Å². The first-order valence-corrected chi connectivity index (χ1v) is 7.04. The van der Waals surface area contributed by atoms with Crippen molar-refractivity contribution in [3.8, 4) is 0 Å². The fraction of sp³-hybridized carbons (Fsp3) is 0.667. The van der Waals surface area contributed by atoms with E-state index in [4.69, 9.17) is 4.74 Å². The maximum atomic E-state index is 5.03. The number of hydrogen-bond acceptors (Lipinski definition) is 4. The van der Waals surface area contributed by atoms with E-state index in [0.717, 1.165) is 44.8 Å². The quantitative estimate of drug-likeness (QED) is 0.652. The summed E-state index contributed by atoms with van der Waals surface area (Å²) in [5.41, 5.74) is 1.16. The second-order valence-corrected chi connectivity index (χ2v) is 4.95. The minimum atomic E-state index is 0.534. The largest absolute Gasteiger partial charge is 0.385 e. The van der Waals surface area contributed by atoms with Crippen molar-refractivity contribution in [1.29, 1.82) is 0 Å². The lowest BCUT2D eigenvalue weighted by molar-refractivity contribution is 0.192. The summed E-state index contributed by atoms with van der Waals surface area (Å²) in [4.78, 5) is 6.72. The number of nitrogens with one attached hydrogen (secondary N) is 1. The maximum Gasteiger partial charge on any atom is 0.0474 e. The van der Waals surface area contributed by atoms with Gasteiger partial charge in [0.2, 0.25) is 0 Å². The van der Waals surface area contributed by atoms with Crippen molar-refractivity contribution in [2.45, 2.75) is 25.8 Å². The van der Waals surface area contributed by atoms with Crippen molar-refractivity contribution >= 4 is 0 Å². The fourth-order valence-corrected chi connectivity index (χ4v) is 1.87. The van der Waals surface area contributed by atoms with Gasteiger partial charge in [-0.1, -0.05) is 6.07 Å². The van der Waals surface area contributed by atoms with E-state index in [2.05, 4.69) is 35.2 Å². The second kappa shape index (κ2) is 9.89. The summed E-state index contributed by atoms with van der Waals surface area (Å²) < 4.78 is 5.03. The molecule has 0 amide bonds. The number of aromatic nitrogens is 1. The van der Waals surface area contributed by atoms with E-state index in [1.807, 2.05) is 18.3 Å². The monoisotopic (exact) mass is 265 g/mol. The Morgan fingerprint density at radius 2 is 2.26 bits per heavy atom. The Hall–Kier alpha value is -0.970. The number of pyridine rings is 1. The van der Waals surface area contributed by atoms with Crippen molar-refractivity contribution in [1.82, 2.24) is 15.2 Å². The highest BCUT2D eigenvalue weighted by Gasteiger charge is 2.08. The molecule has 0 saturated heterocycles. The zero-order valence-corrected chi connectivity index (χ0v) is 12.4. The van der Waals surface area contributed by atoms with Crippen LogP contribution >= 0.6 is 0 Å². The average Bonchev–Trinajstić information content (AvgIpc) is 2.45. The normalized spacial score (nSPS) is 12.8. The summed E-state index contributed by atoms with van der Waals surface area (Å²) in [5.74, 6) is 0. The first-order valence-electron chi connectivity index (χ1n) is 7.04. The molecule has 1 aromatic rings. The van der Waals surface area contributed by atoms with Crippen LogP contribution in [0.25, 0.3) is 0 Å². The number of hydrogen-bond donors (Lipinski definition) is 1. The molecule has 0 fully saturated rings. The van der Waals surface area contributed by atoms with Gasteiger partial charge in [-0.05, 0) is 39.1 Å². The standard InChI is InChI=1S/C15H27N3O/c1-14(13-16-9-6-12-19-3)18(2)11-8-15-7-4-5-10-17-15/h4-5,7,10,14,16H,6,8-9,11-13H2,1-3H3. The van der Waals surface area contributed by atoms with E-state index in [1.54, 1.807) is 7.11 Å². The summed E-state index contributed by atoms with van der Waals surface area (Å²) in [6, 6.07) is 6.62. The van der Waals surface area contributed by atoms with E-state index in [0.29, 0.717) is 6.04 Å². The van der Waals surface area contributed by atoms with E-state index in [1.165, 1.54) is 0 Å². The summed E-state index contributed by atoms with van der Waals surface area (Å²) in [6.07, 6.45) is 3.93. The van der Waals surface area contributed by atoms with Gasteiger partial charge in [0.1, 0.15) is 0 Å². The topological polar surface area (TPSA) is 37.4 Å². The molecule has 0 saturated carbocycles. The van der Waals surface area contributed by atoms with Gasteiger partial charge in [0.05, 0.1) is 0 Å². The molecule has 108 valence electrons. The Balaban J connectivity index is 2.12. The molecule has 19 heavy (non-hydrogen) atoms. The molecule has 0 spiro atoms. The minimum Gasteiger partial charge on any atom is -0.385 e. The van der Waals surface area contributed by atoms with E-state index < -0.39 is 0 Å². The van der Waals surface area contributed by atoms with Crippen LogP contribution in [0, 0.1) is 0 Å². The van der Waals surface area contributed by atoms with E-state index in [9.17, 15) is 0 Å². The number of likely N-dealkylation sites (N-methyl/N-ethyl adjacent to an activating group) is 1. The van der Waals surface area contributed by atoms with Gasteiger partial charge in [-0.15, -0.1) is 0 Å². The van der Waals surface area contributed by atoms with Crippen molar-refractivity contribution < 1.29 is 4.74 Å². The maximum absolute atomic E-state index is 5.03. The van der Waals surface area contributed by atoms with Gasteiger partial charge in [-0.2, -0.15) is 0 Å². The second-order valence-electron chi connectivity index (χ2n) is 4.95. The van der Waals surface area contributed by atoms with Crippen LogP contribution in [0.1, 0.15) is 19.0 Å². The number of methoxy groups -OCH3 is 1. The van der Waals surface area contributed by atoms with Gasteiger partial charge < -0.3 is 15.0 Å². The van der Waals surface area contributed by atoms with Crippen LogP contribution < -0.4 is 5.32 Å². The molecule has 0 aromatic carbocycles. The molecule has 4 nitrogen and oxygen atoms in total. The highest BCUT2D eigenvalue weighted by molar-refractivity contribution is 5.03. The molecule has 1 rings (SSSR count). The molecule has 1 unspecified atom stereocenters. The molecule has 1 N–H and O–H groups in total. The Morgan fingerprint density at radius 1 is 1.42 bits per heavy atom. The lowest BCUT2D eigenvalue weighted by Crippen LogP contribution is -2.39. The molecule has 0 radical (unpaired) electrons. The first kappa shape index (κ1) is 16.1. The van der Waals surface area contributed by atoms with Crippen molar-refractivity contribution in [2.24, 2.45) is 0 Å². The van der Waals surface area contributed by atoms with Gasteiger partial charge in [0.25, 0.3) is 0 Å². The molecule has 0 aliphatic heterocycles. The van der Waals surface area contributed by atoms with E-state index in [-0.39, 0.29) is 0 Å². The summed E-state index contributed by atoms with van der Waals surface area (Å²) >= 11 is 0. The molecule has 0 aliphatic rings. The average molecular weight is 265 g/mol. The number of ether oxygens (including phenoxy) is 1. The van der Waals surface area contributed by atoms with Gasteiger partial charge in [0.15, 0.2) is 0 Å². The predicted molar refractivity (Wildman–Crippen MR) is 79.4 cm³/mol. The SMILES string of the molecule is COCCCNCC(C)N(C)CCc1ccccn1. The van der Waals surface area contributed by atoms with Crippen LogP contribution in [0.5, 0.6) is 0 Å². The first-order chi connectivity index (χ1) is 9.24. The van der Waals surface area contributed by atoms with Crippen molar-refractivity contribution in [3.05, 3.63) is 30.1 Å².